The summed E-state index contributed by atoms with van der Waals surface area (Å²) in [6.45, 7) is 4.66. The molecule has 0 radical (unpaired) electrons. The Morgan fingerprint density at radius 2 is 0.539 bits per heavy atom. The first-order valence-electron chi connectivity index (χ1n) is 47.4. The molecule has 0 bridgehead atoms. The van der Waals surface area contributed by atoms with Crippen LogP contribution in [0.1, 0.15) is 25.0 Å². The number of para-hydroxylation sites is 11. The van der Waals surface area contributed by atoms with Crippen molar-refractivity contribution in [2.45, 2.75) is 19.3 Å². The Labute approximate surface area is 809 Å². The molecular weight excluding hydrogens is 1730 g/mol. The van der Waals surface area contributed by atoms with Gasteiger partial charge in [-0.25, -0.2) is 29.9 Å². The lowest BCUT2D eigenvalue weighted by molar-refractivity contribution is 0.661. The Morgan fingerprint density at radius 3 is 1.10 bits per heavy atom. The fourth-order valence-corrected chi connectivity index (χ4v) is 20.5. The zero-order valence-corrected chi connectivity index (χ0v) is 76.6. The van der Waals surface area contributed by atoms with Crippen LogP contribution in [0.25, 0.3) is 266 Å². The molecule has 28 aromatic rings. The lowest BCUT2D eigenvalue weighted by atomic mass is 9.81. The van der Waals surface area contributed by atoms with Crippen molar-refractivity contribution in [2.24, 2.45) is 0 Å². The fraction of sp³-hybridized carbons (Fsp3) is 0.0233. The van der Waals surface area contributed by atoms with Crippen LogP contribution in [-0.2, 0) is 5.41 Å². The van der Waals surface area contributed by atoms with Crippen LogP contribution in [0, 0.1) is 0 Å². The van der Waals surface area contributed by atoms with Crippen molar-refractivity contribution in [1.82, 2.24) is 39.9 Å². The summed E-state index contributed by atoms with van der Waals surface area (Å²) in [5, 5.41) is 13.6. The van der Waals surface area contributed by atoms with Crippen LogP contribution in [0.4, 0.5) is 0 Å². The number of hydrogen-bond donors (Lipinski definition) is 0. The number of nitrogens with zero attached hydrogens (tertiary/aromatic N) is 8. The summed E-state index contributed by atoms with van der Waals surface area (Å²) < 4.78 is 25.1. The molecule has 662 valence electrons. The Balaban J connectivity index is 0.0000000973. The smallest absolute Gasteiger partial charge is 0.144 e. The van der Waals surface area contributed by atoms with E-state index in [0.29, 0.717) is 0 Å². The van der Waals surface area contributed by atoms with Crippen molar-refractivity contribution >= 4 is 142 Å². The van der Waals surface area contributed by atoms with Crippen LogP contribution in [0.2, 0.25) is 0 Å². The molecule has 141 heavy (non-hydrogen) atoms. The molecule has 0 fully saturated rings. The van der Waals surface area contributed by atoms with Crippen molar-refractivity contribution < 1.29 is 17.7 Å². The average Bonchev–Trinajstić information content (AvgIpc) is 1.56. The summed E-state index contributed by atoms with van der Waals surface area (Å²) in [5.41, 5.74) is 37.4. The highest BCUT2D eigenvalue weighted by Gasteiger charge is 2.37. The van der Waals surface area contributed by atoms with E-state index in [0.717, 1.165) is 244 Å². The lowest BCUT2D eigenvalue weighted by Crippen LogP contribution is -2.15. The van der Waals surface area contributed by atoms with Crippen molar-refractivity contribution in [3.8, 4) is 123 Å². The fourth-order valence-electron chi connectivity index (χ4n) is 20.5. The summed E-state index contributed by atoms with van der Waals surface area (Å²) in [4.78, 5) is 39.9. The summed E-state index contributed by atoms with van der Waals surface area (Å²) in [6.07, 6.45) is 3.66. The minimum absolute atomic E-state index is 0.145. The van der Waals surface area contributed by atoms with Crippen molar-refractivity contribution in [3.05, 3.63) is 472 Å². The molecule has 0 unspecified atom stereocenters. The van der Waals surface area contributed by atoms with Gasteiger partial charge in [0.25, 0.3) is 0 Å². The highest BCUT2D eigenvalue weighted by atomic mass is 16.3. The average molecular weight is 1810 g/mol. The normalized spacial score (nSPS) is 12.1. The third kappa shape index (κ3) is 14.9. The summed E-state index contributed by atoms with van der Waals surface area (Å²) >= 11 is 0. The van der Waals surface area contributed by atoms with Gasteiger partial charge in [-0.05, 0) is 183 Å². The van der Waals surface area contributed by atoms with Crippen molar-refractivity contribution in [3.63, 3.8) is 0 Å². The summed E-state index contributed by atoms with van der Waals surface area (Å²) in [5.74, 6) is 0. The molecule has 18 aromatic carbocycles. The van der Waals surface area contributed by atoms with Gasteiger partial charge in [-0.2, -0.15) is 0 Å². The van der Waals surface area contributed by atoms with Gasteiger partial charge < -0.3 is 17.7 Å². The van der Waals surface area contributed by atoms with Crippen molar-refractivity contribution in [1.29, 1.82) is 0 Å². The van der Waals surface area contributed by atoms with E-state index in [1.54, 1.807) is 0 Å². The van der Waals surface area contributed by atoms with Gasteiger partial charge in [-0.3, -0.25) is 9.97 Å². The number of hydrogen-bond acceptors (Lipinski definition) is 12. The lowest BCUT2D eigenvalue weighted by Gasteiger charge is -2.22. The van der Waals surface area contributed by atoms with Crippen LogP contribution >= 0.6 is 0 Å². The van der Waals surface area contributed by atoms with Crippen molar-refractivity contribution in [2.75, 3.05) is 0 Å². The van der Waals surface area contributed by atoms with Crippen LogP contribution < -0.4 is 0 Å². The number of benzene rings is 18. The number of rotatable bonds is 10. The van der Waals surface area contributed by atoms with E-state index in [1.807, 2.05) is 200 Å². The zero-order valence-electron chi connectivity index (χ0n) is 76.6. The molecular formula is C129H82N8O4. The predicted octanol–water partition coefficient (Wildman–Crippen LogP) is 34.2. The molecule has 0 amide bonds. The Hall–Kier alpha value is -18.8. The minimum Gasteiger partial charge on any atom is -0.456 e. The molecule has 10 aromatic heterocycles. The maximum Gasteiger partial charge on any atom is 0.144 e. The highest BCUT2D eigenvalue weighted by Crippen LogP contribution is 2.53. The highest BCUT2D eigenvalue weighted by molar-refractivity contribution is 6.14. The second kappa shape index (κ2) is 34.5. The van der Waals surface area contributed by atoms with Crippen LogP contribution in [0.3, 0.4) is 0 Å². The molecule has 1 aliphatic carbocycles. The molecule has 0 saturated heterocycles. The van der Waals surface area contributed by atoms with Gasteiger partial charge >= 0.3 is 0 Å². The van der Waals surface area contributed by atoms with Gasteiger partial charge in [0.15, 0.2) is 0 Å². The molecule has 10 heterocycles. The minimum atomic E-state index is -0.145. The van der Waals surface area contributed by atoms with Gasteiger partial charge in [-0.1, -0.05) is 329 Å². The van der Waals surface area contributed by atoms with Crippen LogP contribution in [0.15, 0.2) is 479 Å². The van der Waals surface area contributed by atoms with Gasteiger partial charge in [0.05, 0.1) is 73.0 Å². The zero-order chi connectivity index (χ0) is 93.6. The molecule has 12 nitrogen and oxygen atoms in total. The molecule has 1 aliphatic rings. The van der Waals surface area contributed by atoms with Crippen LogP contribution in [-0.4, -0.2) is 39.9 Å². The maximum atomic E-state index is 6.46. The van der Waals surface area contributed by atoms with E-state index in [2.05, 4.69) is 285 Å². The third-order valence-electron chi connectivity index (χ3n) is 27.4. The maximum absolute atomic E-state index is 6.46. The Bertz CT molecular complexity index is 9810. The molecule has 0 spiro atoms. The first kappa shape index (κ1) is 82.9. The monoisotopic (exact) mass is 1810 g/mol. The van der Waals surface area contributed by atoms with E-state index >= 15 is 0 Å². The molecule has 0 saturated carbocycles. The third-order valence-corrected chi connectivity index (χ3v) is 27.4. The standard InChI is InChI=1S/C39H26N2O.2C32H20N2O.C26H16N2O/c1-39(2)31-22-25(18-19-26(31)30-20-23-10-3-4-11-24(23)21-32(30)39)36-37(41-34-16-7-6-15-33(34)40-36)29-14-9-13-28-27-12-5-8-17-35(27)42-38(28)29;1-2-9-22(10-3-1)30-31(34-28-15-6-5-14-27(28)33-30)23-19-17-21(18-20-23)24-12-8-13-26-25-11-4-7-16-29(25)35-32(24)26;1-2-8-21(9-3-1)32-27-13-7-17-33-29(27)20-28(34-32)24-11-6-10-22(18-24)23-15-16-26-25-12-4-5-14-30(25)35-31(26)19-23;1-2-8-17(9-3-1)25-20-13-7-15-27-22(20)16-23(28-25)21-12-6-11-19-18-10-4-5-14-24(18)29-26(19)21/h3-22H,1-2H3;2*1-20H;1-16H. The van der Waals surface area contributed by atoms with Gasteiger partial charge in [0.1, 0.15) is 50.4 Å². The van der Waals surface area contributed by atoms with Gasteiger partial charge in [0.2, 0.25) is 0 Å². The molecule has 0 atom stereocenters. The number of furan rings is 4. The van der Waals surface area contributed by atoms with E-state index < -0.39 is 0 Å². The predicted molar refractivity (Wildman–Crippen MR) is 577 cm³/mol. The molecule has 0 aliphatic heterocycles. The second-order valence-corrected chi connectivity index (χ2v) is 36.2. The van der Waals surface area contributed by atoms with E-state index in [9.17, 15) is 0 Å². The Kier molecular flexibility index (Phi) is 20.3. The first-order valence-corrected chi connectivity index (χ1v) is 47.4. The Morgan fingerprint density at radius 1 is 0.177 bits per heavy atom. The van der Waals surface area contributed by atoms with E-state index in [1.165, 1.54) is 33.0 Å². The molecule has 12 heteroatoms. The SMILES string of the molecule is CC1(C)c2cc(-c3nc4ccccc4nc3-c3cccc4c3oc3ccccc34)ccc2-c2cc3ccccc3cc21.c1ccc(-c2nc(-c3cccc(-c4ccc5c(c4)oc4ccccc45)c3)cc3ncccc23)cc1.c1ccc(-c2nc(-c3cccc4c3oc3ccccc34)cc3ncccc23)cc1.c1ccc(-c2nc3ccccc3nc2-c2ccc(-c3cccc4c3oc3ccccc34)cc2)cc1. The number of aromatic nitrogens is 8. The second-order valence-electron chi connectivity index (χ2n) is 36.2. The van der Waals surface area contributed by atoms with E-state index in [4.69, 9.17) is 47.6 Å². The molecule has 29 rings (SSSR count). The molecule has 0 N–H and O–H groups in total. The summed E-state index contributed by atoms with van der Waals surface area (Å²) in [7, 11) is 0. The summed E-state index contributed by atoms with van der Waals surface area (Å²) in [6, 6.07) is 154. The van der Waals surface area contributed by atoms with Gasteiger partial charge in [-0.15, -0.1) is 0 Å². The largest absolute Gasteiger partial charge is 0.456 e. The quantitative estimate of drug-likeness (QED) is 0.128. The number of pyridine rings is 4. The topological polar surface area (TPSA) is 156 Å². The van der Waals surface area contributed by atoms with Crippen LogP contribution in [0.5, 0.6) is 0 Å². The van der Waals surface area contributed by atoms with E-state index in [-0.39, 0.29) is 5.41 Å². The first-order chi connectivity index (χ1) is 69.6. The number of fused-ring (bicyclic) bond motifs is 20. The van der Waals surface area contributed by atoms with Gasteiger partial charge in [0, 0.05) is 122 Å².